The van der Waals surface area contributed by atoms with E-state index in [1.807, 2.05) is 67.6 Å². The molecular formula is C34H42BrNO6Si. The minimum atomic E-state index is -3.23. The molecule has 0 saturated carbocycles. The van der Waals surface area contributed by atoms with E-state index in [2.05, 4.69) is 36.4 Å². The number of halogens is 1. The third kappa shape index (κ3) is 5.98. The van der Waals surface area contributed by atoms with E-state index in [0.29, 0.717) is 35.8 Å². The SMILES string of the molecule is C=CCC1C(=O)C(C)(CCCC(C)(C)[Si](O)(c2ccccc2)c2ccccc2)C(OCOC)c2c(OC)c(=O)c(Br)cn21. The number of nitrogens with zero attached hydrogens (tertiary/aromatic N) is 1. The van der Waals surface area contributed by atoms with Crippen LogP contribution in [0.1, 0.15) is 64.3 Å². The first kappa shape index (κ1) is 33.1. The van der Waals surface area contributed by atoms with Crippen LogP contribution in [0.3, 0.4) is 0 Å². The first-order valence-corrected chi connectivity index (χ1v) is 17.3. The predicted octanol–water partition coefficient (Wildman–Crippen LogP) is 5.69. The van der Waals surface area contributed by atoms with Crippen LogP contribution < -0.4 is 20.5 Å². The molecule has 3 aromatic rings. The maximum Gasteiger partial charge on any atom is 0.258 e. The summed E-state index contributed by atoms with van der Waals surface area (Å²) in [4.78, 5) is 40.2. The molecular weight excluding hydrogens is 626 g/mol. The molecule has 3 unspecified atom stereocenters. The molecule has 4 rings (SSSR count). The summed E-state index contributed by atoms with van der Waals surface area (Å²) in [6.45, 7) is 9.99. The molecule has 43 heavy (non-hydrogen) atoms. The first-order chi connectivity index (χ1) is 20.5. The van der Waals surface area contributed by atoms with Gasteiger partial charge >= 0.3 is 0 Å². The molecule has 1 N–H and O–H groups in total. The van der Waals surface area contributed by atoms with Crippen molar-refractivity contribution in [2.24, 2.45) is 5.41 Å². The van der Waals surface area contributed by atoms with E-state index in [-0.39, 0.29) is 23.8 Å². The summed E-state index contributed by atoms with van der Waals surface area (Å²) in [6.07, 6.45) is 4.73. The van der Waals surface area contributed by atoms with Crippen LogP contribution in [-0.4, -0.2) is 44.5 Å². The number of benzene rings is 2. The molecule has 2 aromatic carbocycles. The lowest BCUT2D eigenvalue weighted by molar-refractivity contribution is -0.162. The van der Waals surface area contributed by atoms with Gasteiger partial charge < -0.3 is 23.6 Å². The monoisotopic (exact) mass is 667 g/mol. The van der Waals surface area contributed by atoms with Gasteiger partial charge in [-0.15, -0.1) is 6.58 Å². The van der Waals surface area contributed by atoms with Crippen molar-refractivity contribution in [2.75, 3.05) is 21.0 Å². The molecule has 0 amide bonds. The largest absolute Gasteiger partial charge is 0.491 e. The second-order valence-corrected chi connectivity index (χ2v) is 16.9. The molecule has 0 saturated heterocycles. The highest BCUT2D eigenvalue weighted by molar-refractivity contribution is 9.10. The molecule has 3 atom stereocenters. The van der Waals surface area contributed by atoms with Crippen LogP contribution in [0.4, 0.5) is 0 Å². The fourth-order valence-electron chi connectivity index (χ4n) is 6.66. The standard InChI is InChI=1S/C34H42BrNO6Si/c1-7-15-27-31(38)34(4,32(42-23-40-5)28-30(41-6)29(37)26(35)22-36(27)28)21-14-20-33(2,3)43(39,24-16-10-8-11-17-24)25-18-12-9-13-19-25/h7-13,16-19,22,27,32,39H,1,14-15,20-21,23H2,2-6H3. The molecule has 2 heterocycles. The molecule has 0 fully saturated rings. The van der Waals surface area contributed by atoms with Crippen molar-refractivity contribution >= 4 is 40.4 Å². The lowest BCUT2D eigenvalue weighted by Crippen LogP contribution is -2.65. The predicted molar refractivity (Wildman–Crippen MR) is 176 cm³/mol. The van der Waals surface area contributed by atoms with Crippen molar-refractivity contribution in [1.29, 1.82) is 0 Å². The average molecular weight is 669 g/mol. The van der Waals surface area contributed by atoms with Crippen molar-refractivity contribution in [3.05, 3.63) is 99.9 Å². The number of Topliss-reactive ketones (excluding diaryl/α,β-unsaturated/α-hetero) is 1. The lowest BCUT2D eigenvalue weighted by atomic mass is 9.68. The Morgan fingerprint density at radius 3 is 2.16 bits per heavy atom. The molecule has 0 radical (unpaired) electrons. The Bertz CT molecular complexity index is 1450. The van der Waals surface area contributed by atoms with Gasteiger partial charge in [-0.3, -0.25) is 9.59 Å². The minimum absolute atomic E-state index is 0.00460. The van der Waals surface area contributed by atoms with E-state index in [0.717, 1.165) is 10.4 Å². The van der Waals surface area contributed by atoms with E-state index in [1.165, 1.54) is 14.2 Å². The number of rotatable bonds is 13. The van der Waals surface area contributed by atoms with E-state index >= 15 is 0 Å². The Kier molecular flexibility index (Phi) is 10.3. The van der Waals surface area contributed by atoms with Crippen molar-refractivity contribution in [1.82, 2.24) is 4.57 Å². The van der Waals surface area contributed by atoms with E-state index in [9.17, 15) is 14.4 Å². The van der Waals surface area contributed by atoms with E-state index in [1.54, 1.807) is 16.8 Å². The van der Waals surface area contributed by atoms with E-state index in [4.69, 9.17) is 14.2 Å². The van der Waals surface area contributed by atoms with Crippen LogP contribution in [0, 0.1) is 5.41 Å². The Labute approximate surface area is 263 Å². The molecule has 1 aromatic heterocycles. The number of fused-ring (bicyclic) bond motifs is 1. The number of aromatic nitrogens is 1. The lowest BCUT2D eigenvalue weighted by Gasteiger charge is -2.46. The molecule has 230 valence electrons. The van der Waals surface area contributed by atoms with Gasteiger partial charge in [0.25, 0.3) is 8.32 Å². The molecule has 1 aliphatic rings. The minimum Gasteiger partial charge on any atom is -0.491 e. The third-order valence-electron chi connectivity index (χ3n) is 9.02. The number of ether oxygens (including phenoxy) is 3. The highest BCUT2D eigenvalue weighted by Gasteiger charge is 2.54. The number of hydrogen-bond donors (Lipinski definition) is 1. The smallest absolute Gasteiger partial charge is 0.258 e. The highest BCUT2D eigenvalue weighted by Crippen LogP contribution is 2.52. The fraction of sp³-hybridized carbons (Fsp3) is 0.412. The van der Waals surface area contributed by atoms with Gasteiger partial charge in [-0.25, -0.2) is 0 Å². The van der Waals surface area contributed by atoms with Crippen LogP contribution in [0.2, 0.25) is 5.04 Å². The summed E-state index contributed by atoms with van der Waals surface area (Å²) in [5, 5.41) is 1.41. The van der Waals surface area contributed by atoms with Gasteiger partial charge in [-0.1, -0.05) is 87.0 Å². The Hall–Kier alpha value is -2.82. The van der Waals surface area contributed by atoms with Crippen LogP contribution in [0.15, 0.2) is 88.8 Å². The molecule has 0 spiro atoms. The van der Waals surface area contributed by atoms with Crippen LogP contribution in [0.5, 0.6) is 5.75 Å². The highest BCUT2D eigenvalue weighted by atomic mass is 79.9. The summed E-state index contributed by atoms with van der Waals surface area (Å²) >= 11 is 3.35. The van der Waals surface area contributed by atoms with Gasteiger partial charge in [-0.2, -0.15) is 0 Å². The van der Waals surface area contributed by atoms with Crippen molar-refractivity contribution in [3.8, 4) is 5.75 Å². The average Bonchev–Trinajstić information content (AvgIpc) is 3.01. The molecule has 9 heteroatoms. The number of pyridine rings is 1. The molecule has 0 aliphatic carbocycles. The maximum atomic E-state index is 14.4. The summed E-state index contributed by atoms with van der Waals surface area (Å²) in [6, 6.07) is 19.3. The van der Waals surface area contributed by atoms with Gasteiger partial charge in [0.05, 0.1) is 28.7 Å². The second kappa shape index (κ2) is 13.4. The van der Waals surface area contributed by atoms with Gasteiger partial charge in [0.2, 0.25) is 5.43 Å². The van der Waals surface area contributed by atoms with Crippen LogP contribution in [-0.2, 0) is 14.3 Å². The number of carbonyl (C=O) groups is 1. The van der Waals surface area contributed by atoms with Crippen molar-refractivity contribution in [2.45, 2.75) is 63.6 Å². The Morgan fingerprint density at radius 1 is 1.07 bits per heavy atom. The number of allylic oxidation sites excluding steroid dienone is 1. The summed E-state index contributed by atoms with van der Waals surface area (Å²) in [5.74, 6) is 0.133. The topological polar surface area (TPSA) is 87.0 Å². The van der Waals surface area contributed by atoms with E-state index < -0.39 is 30.9 Å². The number of carbonyl (C=O) groups excluding carboxylic acids is 1. The summed E-state index contributed by atoms with van der Waals surface area (Å²) < 4.78 is 19.2. The zero-order valence-electron chi connectivity index (χ0n) is 25.6. The molecule has 0 bridgehead atoms. The normalized spacial score (nSPS) is 20.5. The summed E-state index contributed by atoms with van der Waals surface area (Å²) in [7, 11) is -0.251. The van der Waals surface area contributed by atoms with Crippen LogP contribution >= 0.6 is 15.9 Å². The molecule has 7 nitrogen and oxygen atoms in total. The zero-order valence-corrected chi connectivity index (χ0v) is 28.2. The quantitative estimate of drug-likeness (QED) is 0.143. The Balaban J connectivity index is 1.75. The van der Waals surface area contributed by atoms with Gasteiger partial charge in [-0.05, 0) is 57.5 Å². The Morgan fingerprint density at radius 2 is 1.65 bits per heavy atom. The van der Waals surface area contributed by atoms with Crippen LogP contribution in [0.25, 0.3) is 0 Å². The second-order valence-electron chi connectivity index (χ2n) is 12.1. The molecule has 1 aliphatic heterocycles. The maximum absolute atomic E-state index is 14.4. The third-order valence-corrected chi connectivity index (χ3v) is 14.1. The van der Waals surface area contributed by atoms with Gasteiger partial charge in [0, 0.05) is 13.3 Å². The number of methoxy groups -OCH3 is 2. The first-order valence-electron chi connectivity index (χ1n) is 14.6. The van der Waals surface area contributed by atoms with Gasteiger partial charge in [0.15, 0.2) is 11.5 Å². The van der Waals surface area contributed by atoms with Crippen molar-refractivity contribution < 1.29 is 23.8 Å². The van der Waals surface area contributed by atoms with Crippen molar-refractivity contribution in [3.63, 3.8) is 0 Å². The number of hydrogen-bond acceptors (Lipinski definition) is 6. The number of ketones is 1. The fourth-order valence-corrected chi connectivity index (χ4v) is 10.8. The summed E-state index contributed by atoms with van der Waals surface area (Å²) in [5.41, 5.74) is -0.799. The van der Waals surface area contributed by atoms with Gasteiger partial charge in [0.1, 0.15) is 12.9 Å². The zero-order chi connectivity index (χ0) is 31.4.